The standard InChI is InChI=1S/C19H16N2OS3/c1-3-20-14-6-4-5-7-15(14)24-18(20)16-17(22)21(19(23)25-16)13-10-8-12(2)9-11-13/h4-11H,3H2,1-2H3/b18-16-. The quantitative estimate of drug-likeness (QED) is 0.526. The maximum Gasteiger partial charge on any atom is 0.273 e. The molecule has 2 aliphatic heterocycles. The van der Waals surface area contributed by atoms with Crippen LogP contribution >= 0.6 is 35.7 Å². The first-order chi connectivity index (χ1) is 12.1. The highest BCUT2D eigenvalue weighted by atomic mass is 32.2. The van der Waals surface area contributed by atoms with Gasteiger partial charge in [-0.25, -0.2) is 0 Å². The van der Waals surface area contributed by atoms with Gasteiger partial charge in [0.25, 0.3) is 5.91 Å². The number of aryl methyl sites for hydroxylation is 1. The number of fused-ring (bicyclic) bond motifs is 1. The van der Waals surface area contributed by atoms with Crippen LogP contribution in [0.4, 0.5) is 11.4 Å². The van der Waals surface area contributed by atoms with Crippen molar-refractivity contribution >= 4 is 57.3 Å². The Hall–Kier alpha value is -1.76. The highest BCUT2D eigenvalue weighted by Crippen LogP contribution is 2.50. The number of hydrogen-bond donors (Lipinski definition) is 0. The van der Waals surface area contributed by atoms with E-state index < -0.39 is 0 Å². The van der Waals surface area contributed by atoms with Crippen LogP contribution in [0.3, 0.4) is 0 Å². The Morgan fingerprint density at radius 2 is 1.76 bits per heavy atom. The summed E-state index contributed by atoms with van der Waals surface area (Å²) in [5.74, 6) is -0.0346. The first kappa shape index (κ1) is 16.7. The molecule has 0 aromatic heterocycles. The lowest BCUT2D eigenvalue weighted by Crippen LogP contribution is -2.28. The second-order valence-electron chi connectivity index (χ2n) is 5.79. The van der Waals surface area contributed by atoms with E-state index in [4.69, 9.17) is 12.2 Å². The molecule has 4 rings (SSSR count). The van der Waals surface area contributed by atoms with Gasteiger partial charge in [-0.2, -0.15) is 0 Å². The van der Waals surface area contributed by atoms with Gasteiger partial charge in [-0.1, -0.05) is 65.6 Å². The fourth-order valence-electron chi connectivity index (χ4n) is 2.93. The first-order valence-corrected chi connectivity index (χ1v) is 10.1. The molecule has 0 radical (unpaired) electrons. The summed E-state index contributed by atoms with van der Waals surface area (Å²) in [7, 11) is 0. The lowest BCUT2D eigenvalue weighted by Gasteiger charge is -2.19. The van der Waals surface area contributed by atoms with E-state index in [1.807, 2.05) is 43.3 Å². The van der Waals surface area contributed by atoms with Crippen LogP contribution in [0.2, 0.25) is 0 Å². The Labute approximate surface area is 161 Å². The number of thioether (sulfide) groups is 2. The van der Waals surface area contributed by atoms with Gasteiger partial charge >= 0.3 is 0 Å². The van der Waals surface area contributed by atoms with Gasteiger partial charge in [0.1, 0.15) is 9.93 Å². The number of benzene rings is 2. The lowest BCUT2D eigenvalue weighted by molar-refractivity contribution is -0.113. The van der Waals surface area contributed by atoms with Crippen molar-refractivity contribution in [3.05, 3.63) is 64.0 Å². The first-order valence-electron chi connectivity index (χ1n) is 8.01. The van der Waals surface area contributed by atoms with E-state index in [-0.39, 0.29) is 5.91 Å². The molecule has 0 bridgehead atoms. The van der Waals surface area contributed by atoms with Gasteiger partial charge in [-0.15, -0.1) is 0 Å². The highest BCUT2D eigenvalue weighted by molar-refractivity contribution is 8.27. The molecular weight excluding hydrogens is 368 g/mol. The zero-order valence-corrected chi connectivity index (χ0v) is 16.3. The molecule has 0 atom stereocenters. The topological polar surface area (TPSA) is 23.6 Å². The van der Waals surface area contributed by atoms with Crippen molar-refractivity contribution in [1.82, 2.24) is 0 Å². The molecule has 0 aliphatic carbocycles. The highest BCUT2D eigenvalue weighted by Gasteiger charge is 2.39. The number of thiocarbonyl (C=S) groups is 1. The third kappa shape index (κ3) is 2.78. The molecule has 0 saturated carbocycles. The average molecular weight is 385 g/mol. The Morgan fingerprint density at radius 1 is 1.04 bits per heavy atom. The summed E-state index contributed by atoms with van der Waals surface area (Å²) in [5, 5.41) is 0.982. The Balaban J connectivity index is 1.75. The van der Waals surface area contributed by atoms with Crippen molar-refractivity contribution in [2.75, 3.05) is 16.3 Å². The van der Waals surface area contributed by atoms with Crippen LogP contribution in [0, 0.1) is 6.92 Å². The monoisotopic (exact) mass is 384 g/mol. The number of rotatable bonds is 2. The molecular formula is C19H16N2OS3. The Bertz CT molecular complexity index is 905. The SMILES string of the molecule is CCN1/C(=C2/SC(=S)N(c3ccc(C)cc3)C2=O)Sc2ccccc21. The van der Waals surface area contributed by atoms with E-state index >= 15 is 0 Å². The minimum absolute atomic E-state index is 0.0346. The van der Waals surface area contributed by atoms with Crippen LogP contribution < -0.4 is 9.80 Å². The Kier molecular flexibility index (Phi) is 4.35. The molecule has 3 nitrogen and oxygen atoms in total. The predicted molar refractivity (Wildman–Crippen MR) is 111 cm³/mol. The molecule has 2 aromatic carbocycles. The van der Waals surface area contributed by atoms with Crippen molar-refractivity contribution in [1.29, 1.82) is 0 Å². The summed E-state index contributed by atoms with van der Waals surface area (Å²) >= 11 is 8.55. The van der Waals surface area contributed by atoms with Crippen LogP contribution in [0.5, 0.6) is 0 Å². The minimum Gasteiger partial charge on any atom is -0.334 e. The molecule has 126 valence electrons. The van der Waals surface area contributed by atoms with Gasteiger partial charge in [-0.3, -0.25) is 9.69 Å². The molecule has 1 amide bonds. The number of carbonyl (C=O) groups is 1. The van der Waals surface area contributed by atoms with Crippen LogP contribution in [0.15, 0.2) is 63.4 Å². The molecule has 25 heavy (non-hydrogen) atoms. The van der Waals surface area contributed by atoms with Gasteiger partial charge in [0, 0.05) is 11.4 Å². The molecule has 1 saturated heterocycles. The Morgan fingerprint density at radius 3 is 2.48 bits per heavy atom. The van der Waals surface area contributed by atoms with Gasteiger partial charge in [0.05, 0.1) is 11.4 Å². The van der Waals surface area contributed by atoms with E-state index in [1.54, 1.807) is 16.7 Å². The number of anilines is 2. The number of carbonyl (C=O) groups excluding carboxylic acids is 1. The summed E-state index contributed by atoms with van der Waals surface area (Å²) < 4.78 is 0.587. The van der Waals surface area contributed by atoms with Crippen LogP contribution in [0.1, 0.15) is 12.5 Å². The van der Waals surface area contributed by atoms with E-state index in [0.29, 0.717) is 9.23 Å². The minimum atomic E-state index is -0.0346. The van der Waals surface area contributed by atoms with E-state index in [0.717, 1.165) is 28.5 Å². The summed E-state index contributed by atoms with van der Waals surface area (Å²) in [6.07, 6.45) is 0. The van der Waals surface area contributed by atoms with E-state index in [9.17, 15) is 4.79 Å². The normalized spacial score (nSPS) is 19.8. The largest absolute Gasteiger partial charge is 0.334 e. The van der Waals surface area contributed by atoms with Gasteiger partial charge in [0.2, 0.25) is 0 Å². The summed E-state index contributed by atoms with van der Waals surface area (Å²) in [6, 6.07) is 16.1. The third-order valence-corrected chi connectivity index (χ3v) is 6.85. The van der Waals surface area contributed by atoms with Crippen LogP contribution in [-0.2, 0) is 4.79 Å². The van der Waals surface area contributed by atoms with Crippen molar-refractivity contribution in [2.24, 2.45) is 0 Å². The van der Waals surface area contributed by atoms with Gasteiger partial charge in [-0.05, 0) is 38.1 Å². The molecule has 0 spiro atoms. The summed E-state index contributed by atoms with van der Waals surface area (Å²) in [4.78, 5) is 18.9. The van der Waals surface area contributed by atoms with E-state index in [1.165, 1.54) is 16.7 Å². The molecule has 0 unspecified atom stereocenters. The molecule has 1 fully saturated rings. The smallest absolute Gasteiger partial charge is 0.273 e. The van der Waals surface area contributed by atoms with Crippen LogP contribution in [0.25, 0.3) is 0 Å². The fraction of sp³-hybridized carbons (Fsp3) is 0.158. The maximum absolute atomic E-state index is 13.1. The second kappa shape index (κ2) is 6.52. The fourth-order valence-corrected chi connectivity index (χ4v) is 5.60. The van der Waals surface area contributed by atoms with Crippen LogP contribution in [-0.4, -0.2) is 16.8 Å². The summed E-state index contributed by atoms with van der Waals surface area (Å²) in [5.41, 5.74) is 3.14. The number of hydrogen-bond acceptors (Lipinski definition) is 5. The van der Waals surface area contributed by atoms with Crippen molar-refractivity contribution in [2.45, 2.75) is 18.7 Å². The third-order valence-electron chi connectivity index (χ3n) is 4.18. The van der Waals surface area contributed by atoms with Gasteiger partial charge < -0.3 is 4.90 Å². The molecule has 2 heterocycles. The van der Waals surface area contributed by atoms with Gasteiger partial charge in [0.15, 0.2) is 4.32 Å². The maximum atomic E-state index is 13.1. The molecule has 6 heteroatoms. The molecule has 2 aliphatic rings. The molecule has 2 aromatic rings. The lowest BCUT2D eigenvalue weighted by atomic mass is 10.2. The summed E-state index contributed by atoms with van der Waals surface area (Å²) in [6.45, 7) is 4.94. The number of amides is 1. The zero-order chi connectivity index (χ0) is 17.6. The predicted octanol–water partition coefficient (Wildman–Crippen LogP) is 5.16. The average Bonchev–Trinajstić information content (AvgIpc) is 3.13. The van der Waals surface area contributed by atoms with Crippen molar-refractivity contribution in [3.8, 4) is 0 Å². The van der Waals surface area contributed by atoms with Crippen molar-refractivity contribution in [3.63, 3.8) is 0 Å². The number of nitrogens with zero attached hydrogens (tertiary/aromatic N) is 2. The zero-order valence-electron chi connectivity index (χ0n) is 13.9. The van der Waals surface area contributed by atoms with E-state index in [2.05, 4.69) is 24.0 Å². The molecule has 0 N–H and O–H groups in total. The second-order valence-corrected chi connectivity index (χ2v) is 8.47. The number of para-hydroxylation sites is 1. The van der Waals surface area contributed by atoms with Crippen molar-refractivity contribution < 1.29 is 4.79 Å².